The number of rotatable bonds is 5. The quantitative estimate of drug-likeness (QED) is 0.457. The zero-order chi connectivity index (χ0) is 16.1. The maximum absolute atomic E-state index is 11.7. The van der Waals surface area contributed by atoms with Crippen molar-refractivity contribution in [2.45, 2.75) is 6.92 Å². The summed E-state index contributed by atoms with van der Waals surface area (Å²) in [7, 11) is 0. The van der Waals surface area contributed by atoms with Crippen LogP contribution >= 0.6 is 28.1 Å². The summed E-state index contributed by atoms with van der Waals surface area (Å²) in [5, 5.41) is 5.48. The van der Waals surface area contributed by atoms with E-state index in [-0.39, 0.29) is 17.6 Å². The zero-order valence-electron chi connectivity index (χ0n) is 11.6. The number of ether oxygens (including phenoxy) is 2. The van der Waals surface area contributed by atoms with Crippen LogP contribution < -0.4 is 15.4 Å². The van der Waals surface area contributed by atoms with E-state index in [0.29, 0.717) is 23.6 Å². The average Bonchev–Trinajstić information content (AvgIpc) is 2.76. The third-order valence-corrected chi connectivity index (χ3v) is 3.34. The molecule has 0 aliphatic carbocycles. The first-order valence-electron chi connectivity index (χ1n) is 6.41. The Morgan fingerprint density at radius 3 is 2.82 bits per heavy atom. The number of hydrogen-bond acceptors (Lipinski definition) is 5. The predicted octanol–water partition coefficient (Wildman–Crippen LogP) is 1.74. The van der Waals surface area contributed by atoms with Gasteiger partial charge >= 0.3 is 5.97 Å². The second-order valence-electron chi connectivity index (χ2n) is 4.24. The molecule has 1 heterocycles. The summed E-state index contributed by atoms with van der Waals surface area (Å²) in [6.07, 6.45) is 1.60. The smallest absolute Gasteiger partial charge is 0.344 e. The van der Waals surface area contributed by atoms with Crippen LogP contribution in [0.5, 0.6) is 5.75 Å². The number of hydrogen-bond donors (Lipinski definition) is 2. The van der Waals surface area contributed by atoms with E-state index in [0.717, 1.165) is 4.47 Å². The van der Waals surface area contributed by atoms with E-state index in [2.05, 4.69) is 26.6 Å². The van der Waals surface area contributed by atoms with Gasteiger partial charge in [0.05, 0.1) is 6.61 Å². The Hall–Kier alpha value is -1.93. The van der Waals surface area contributed by atoms with Gasteiger partial charge in [0, 0.05) is 10.0 Å². The van der Waals surface area contributed by atoms with Crippen molar-refractivity contribution in [3.8, 4) is 5.75 Å². The van der Waals surface area contributed by atoms with Gasteiger partial charge in [-0.25, -0.2) is 4.79 Å². The van der Waals surface area contributed by atoms with Crippen LogP contribution in [0.2, 0.25) is 0 Å². The van der Waals surface area contributed by atoms with Crippen molar-refractivity contribution in [2.24, 2.45) is 0 Å². The van der Waals surface area contributed by atoms with Gasteiger partial charge in [-0.15, -0.1) is 0 Å². The Balaban J connectivity index is 2.21. The Labute approximate surface area is 141 Å². The van der Waals surface area contributed by atoms with Crippen LogP contribution in [0.15, 0.2) is 28.4 Å². The van der Waals surface area contributed by atoms with Crippen molar-refractivity contribution in [3.05, 3.63) is 33.9 Å². The maximum atomic E-state index is 11.7. The first-order valence-corrected chi connectivity index (χ1v) is 7.61. The average molecular weight is 385 g/mol. The van der Waals surface area contributed by atoms with Gasteiger partial charge in [-0.1, -0.05) is 15.9 Å². The molecule has 1 aliphatic heterocycles. The molecule has 8 heteroatoms. The monoisotopic (exact) mass is 384 g/mol. The molecule has 2 rings (SSSR count). The second kappa shape index (κ2) is 7.37. The Bertz CT molecular complexity index is 660. The van der Waals surface area contributed by atoms with Crippen molar-refractivity contribution in [1.29, 1.82) is 0 Å². The summed E-state index contributed by atoms with van der Waals surface area (Å²) in [6, 6.07) is 5.24. The van der Waals surface area contributed by atoms with Gasteiger partial charge in [0.1, 0.15) is 11.4 Å². The Morgan fingerprint density at radius 1 is 1.41 bits per heavy atom. The first-order chi connectivity index (χ1) is 10.5. The molecule has 22 heavy (non-hydrogen) atoms. The molecule has 0 radical (unpaired) electrons. The number of halogens is 1. The fourth-order valence-corrected chi connectivity index (χ4v) is 2.32. The van der Waals surface area contributed by atoms with Crippen LogP contribution in [0, 0.1) is 0 Å². The van der Waals surface area contributed by atoms with Gasteiger partial charge in [0.2, 0.25) is 0 Å². The molecule has 0 aromatic heterocycles. The van der Waals surface area contributed by atoms with Crippen molar-refractivity contribution in [3.63, 3.8) is 0 Å². The third-order valence-electron chi connectivity index (χ3n) is 2.64. The van der Waals surface area contributed by atoms with E-state index < -0.39 is 5.97 Å². The van der Waals surface area contributed by atoms with E-state index in [1.807, 2.05) is 0 Å². The minimum Gasteiger partial charge on any atom is -0.481 e. The molecule has 1 aliphatic rings. The molecule has 0 spiro atoms. The standard InChI is InChI=1S/C14H13BrN2O4S/c1-2-20-12(18)7-21-11-4-3-9(15)5-8(11)6-10-13(19)17-14(22)16-10/h3-6H,2,7H2,1H3,(H2,16,17,19,22)/b10-6+. The van der Waals surface area contributed by atoms with Gasteiger partial charge < -0.3 is 14.8 Å². The van der Waals surface area contributed by atoms with Gasteiger partial charge in [0.25, 0.3) is 5.91 Å². The third kappa shape index (κ3) is 4.28. The Morgan fingerprint density at radius 2 is 2.18 bits per heavy atom. The SMILES string of the molecule is CCOC(=O)COc1ccc(Br)cc1/C=C1/NC(=S)NC1=O. The highest BCUT2D eigenvalue weighted by Gasteiger charge is 2.20. The summed E-state index contributed by atoms with van der Waals surface area (Å²) >= 11 is 8.23. The predicted molar refractivity (Wildman–Crippen MR) is 88.1 cm³/mol. The zero-order valence-corrected chi connectivity index (χ0v) is 14.0. The van der Waals surface area contributed by atoms with Crippen molar-refractivity contribution >= 4 is 51.2 Å². The molecule has 1 saturated heterocycles. The van der Waals surface area contributed by atoms with E-state index >= 15 is 0 Å². The summed E-state index contributed by atoms with van der Waals surface area (Å²) in [4.78, 5) is 23.0. The summed E-state index contributed by atoms with van der Waals surface area (Å²) in [5.41, 5.74) is 0.935. The molecule has 0 saturated carbocycles. The number of nitrogens with one attached hydrogen (secondary N) is 2. The van der Waals surface area contributed by atoms with E-state index in [9.17, 15) is 9.59 Å². The fraction of sp³-hybridized carbons (Fsp3) is 0.214. The summed E-state index contributed by atoms with van der Waals surface area (Å²) in [5.74, 6) is -0.320. The minimum absolute atomic E-state index is 0.205. The molecule has 1 amide bonds. The van der Waals surface area contributed by atoms with Crippen LogP contribution in [-0.2, 0) is 14.3 Å². The second-order valence-corrected chi connectivity index (χ2v) is 5.57. The van der Waals surface area contributed by atoms with Crippen molar-refractivity contribution in [2.75, 3.05) is 13.2 Å². The van der Waals surface area contributed by atoms with E-state index in [1.165, 1.54) is 0 Å². The number of amides is 1. The fourth-order valence-electron chi connectivity index (χ4n) is 1.74. The van der Waals surface area contributed by atoms with Crippen LogP contribution in [-0.4, -0.2) is 30.2 Å². The molecular formula is C14H13BrN2O4S. The molecular weight excluding hydrogens is 372 g/mol. The minimum atomic E-state index is -0.457. The lowest BCUT2D eigenvalue weighted by Crippen LogP contribution is -2.21. The molecule has 116 valence electrons. The van der Waals surface area contributed by atoms with Gasteiger partial charge in [0.15, 0.2) is 11.7 Å². The lowest BCUT2D eigenvalue weighted by atomic mass is 10.1. The van der Waals surface area contributed by atoms with Crippen LogP contribution in [0.1, 0.15) is 12.5 Å². The molecule has 0 atom stereocenters. The highest BCUT2D eigenvalue weighted by atomic mass is 79.9. The van der Waals surface area contributed by atoms with E-state index in [4.69, 9.17) is 21.7 Å². The highest BCUT2D eigenvalue weighted by Crippen LogP contribution is 2.25. The van der Waals surface area contributed by atoms with Gasteiger partial charge in [-0.2, -0.15) is 0 Å². The first kappa shape index (κ1) is 16.4. The molecule has 1 aromatic rings. The van der Waals surface area contributed by atoms with Crippen molar-refractivity contribution < 1.29 is 19.1 Å². The summed E-state index contributed by atoms with van der Waals surface area (Å²) < 4.78 is 11.1. The van der Waals surface area contributed by atoms with Crippen LogP contribution in [0.4, 0.5) is 0 Å². The van der Waals surface area contributed by atoms with Gasteiger partial charge in [-0.3, -0.25) is 10.1 Å². The number of benzene rings is 1. The maximum Gasteiger partial charge on any atom is 0.344 e. The number of esters is 1. The van der Waals surface area contributed by atoms with Gasteiger partial charge in [-0.05, 0) is 43.4 Å². The largest absolute Gasteiger partial charge is 0.481 e. The molecule has 1 fully saturated rings. The summed E-state index contributed by atoms with van der Waals surface area (Å²) in [6.45, 7) is 1.81. The van der Waals surface area contributed by atoms with Crippen LogP contribution in [0.3, 0.4) is 0 Å². The normalized spacial score (nSPS) is 15.5. The number of carbonyl (C=O) groups is 2. The van der Waals surface area contributed by atoms with Crippen molar-refractivity contribution in [1.82, 2.24) is 10.6 Å². The molecule has 0 unspecified atom stereocenters. The lowest BCUT2D eigenvalue weighted by molar-refractivity contribution is -0.145. The van der Waals surface area contributed by atoms with E-state index in [1.54, 1.807) is 31.2 Å². The molecule has 2 N–H and O–H groups in total. The molecule has 6 nitrogen and oxygen atoms in total. The molecule has 1 aromatic carbocycles. The highest BCUT2D eigenvalue weighted by molar-refractivity contribution is 9.10. The molecule has 0 bridgehead atoms. The topological polar surface area (TPSA) is 76.7 Å². The Kier molecular flexibility index (Phi) is 5.51. The number of thiocarbonyl (C=S) groups is 1. The van der Waals surface area contributed by atoms with Crippen LogP contribution in [0.25, 0.3) is 6.08 Å². The number of carbonyl (C=O) groups excluding carboxylic acids is 2. The lowest BCUT2D eigenvalue weighted by Gasteiger charge is -2.09.